The van der Waals surface area contributed by atoms with Crippen molar-refractivity contribution in [3.05, 3.63) is 24.2 Å². The summed E-state index contributed by atoms with van der Waals surface area (Å²) in [4.78, 5) is 33.7. The van der Waals surface area contributed by atoms with E-state index in [0.29, 0.717) is 38.5 Å². The third-order valence-electron chi connectivity index (χ3n) is 5.58. The molecule has 2 rings (SSSR count). The molecule has 2 N–H and O–H groups in total. The third-order valence-corrected chi connectivity index (χ3v) is 5.58. The number of nitrogens with zero attached hydrogens (tertiary/aromatic N) is 3. The van der Waals surface area contributed by atoms with Gasteiger partial charge in [0.2, 0.25) is 0 Å². The summed E-state index contributed by atoms with van der Waals surface area (Å²) in [5.41, 5.74) is -1.04. The van der Waals surface area contributed by atoms with Crippen molar-refractivity contribution in [2.75, 3.05) is 39.3 Å². The van der Waals surface area contributed by atoms with E-state index in [4.69, 9.17) is 14.1 Å². The summed E-state index contributed by atoms with van der Waals surface area (Å²) in [6.45, 7) is 15.4. The van der Waals surface area contributed by atoms with E-state index >= 15 is 0 Å². The average Bonchev–Trinajstić information content (AvgIpc) is 3.29. The molecule has 0 atom stereocenters. The largest absolute Gasteiger partial charge is 0.459 e. The van der Waals surface area contributed by atoms with Crippen LogP contribution in [0, 0.1) is 0 Å². The summed E-state index contributed by atoms with van der Waals surface area (Å²) in [5.74, 6) is 1.06. The molecule has 2 amide bonds. The zero-order valence-corrected chi connectivity index (χ0v) is 23.1. The van der Waals surface area contributed by atoms with E-state index in [2.05, 4.69) is 15.5 Å². The highest BCUT2D eigenvalue weighted by Gasteiger charge is 2.31. The van der Waals surface area contributed by atoms with Crippen LogP contribution in [-0.4, -0.2) is 78.2 Å². The number of ether oxygens (including phenoxy) is 1. The van der Waals surface area contributed by atoms with Crippen LogP contribution in [0.3, 0.4) is 0 Å². The standard InChI is InChI=1S/C23H39N5O4.HI/c1-7-23(8-2,26-21(30)32-22(4,5)6)17-25-20(24-9-3)28-14-12-27(13-15-28)19(29)18-11-10-16-31-18;/h10-11,16H,7-9,12-15,17H2,1-6H3,(H,24,25)(H,26,30);1H. The van der Waals surface area contributed by atoms with Gasteiger partial charge in [-0.3, -0.25) is 9.79 Å². The second-order valence-corrected chi connectivity index (χ2v) is 9.04. The first-order chi connectivity index (χ1) is 15.1. The highest BCUT2D eigenvalue weighted by atomic mass is 127. The monoisotopic (exact) mass is 577 g/mol. The number of hydrogen-bond donors (Lipinski definition) is 2. The number of piperazine rings is 1. The summed E-state index contributed by atoms with van der Waals surface area (Å²) in [5, 5.41) is 6.39. The van der Waals surface area contributed by atoms with E-state index in [-0.39, 0.29) is 29.9 Å². The summed E-state index contributed by atoms with van der Waals surface area (Å²) < 4.78 is 10.7. The fraction of sp³-hybridized carbons (Fsp3) is 0.696. The Morgan fingerprint density at radius 3 is 2.18 bits per heavy atom. The van der Waals surface area contributed by atoms with Gasteiger partial charge in [-0.25, -0.2) is 4.79 Å². The number of amides is 2. The molecule has 0 radical (unpaired) electrons. The molecule has 2 heterocycles. The van der Waals surface area contributed by atoms with Crippen molar-refractivity contribution in [3.63, 3.8) is 0 Å². The Morgan fingerprint density at radius 2 is 1.70 bits per heavy atom. The zero-order valence-electron chi connectivity index (χ0n) is 20.8. The van der Waals surface area contributed by atoms with Gasteiger partial charge in [-0.05, 0) is 52.7 Å². The minimum atomic E-state index is -0.553. The van der Waals surface area contributed by atoms with Gasteiger partial charge in [0.15, 0.2) is 11.7 Å². The second kappa shape index (κ2) is 13.0. The molecule has 9 nitrogen and oxygen atoms in total. The minimum absolute atomic E-state index is 0. The van der Waals surface area contributed by atoms with Crippen LogP contribution in [0.2, 0.25) is 0 Å². The Morgan fingerprint density at radius 1 is 1.09 bits per heavy atom. The summed E-state index contributed by atoms with van der Waals surface area (Å²) in [6.07, 6.45) is 2.55. The molecule has 0 spiro atoms. The van der Waals surface area contributed by atoms with Crippen molar-refractivity contribution in [2.24, 2.45) is 4.99 Å². The number of carbonyl (C=O) groups excluding carboxylic acids is 2. The minimum Gasteiger partial charge on any atom is -0.459 e. The molecule has 0 unspecified atom stereocenters. The summed E-state index contributed by atoms with van der Waals surface area (Å²) >= 11 is 0. The van der Waals surface area contributed by atoms with Crippen LogP contribution >= 0.6 is 24.0 Å². The van der Waals surface area contributed by atoms with Crippen molar-refractivity contribution < 1.29 is 18.7 Å². The van der Waals surface area contributed by atoms with E-state index in [1.54, 1.807) is 17.0 Å². The van der Waals surface area contributed by atoms with Crippen LogP contribution in [0.15, 0.2) is 27.8 Å². The van der Waals surface area contributed by atoms with E-state index < -0.39 is 17.2 Å². The van der Waals surface area contributed by atoms with Crippen LogP contribution in [0.25, 0.3) is 0 Å². The number of halogens is 1. The number of furan rings is 1. The number of nitrogens with one attached hydrogen (secondary N) is 2. The van der Waals surface area contributed by atoms with Gasteiger partial charge >= 0.3 is 6.09 Å². The van der Waals surface area contributed by atoms with Gasteiger partial charge in [-0.1, -0.05) is 13.8 Å². The molecular weight excluding hydrogens is 537 g/mol. The second-order valence-electron chi connectivity index (χ2n) is 9.04. The topological polar surface area (TPSA) is 99.4 Å². The van der Waals surface area contributed by atoms with Gasteiger partial charge in [0.25, 0.3) is 5.91 Å². The maximum absolute atomic E-state index is 12.5. The maximum atomic E-state index is 12.5. The number of aliphatic imine (C=N–C) groups is 1. The Hall–Kier alpha value is -1.98. The van der Waals surface area contributed by atoms with Crippen molar-refractivity contribution in [3.8, 4) is 0 Å². The molecule has 1 aromatic rings. The molecule has 1 aliphatic rings. The Kier molecular flexibility index (Phi) is 11.5. The summed E-state index contributed by atoms with van der Waals surface area (Å²) in [7, 11) is 0. The molecule has 1 aromatic heterocycles. The molecule has 188 valence electrons. The molecule has 1 fully saturated rings. The van der Waals surface area contributed by atoms with Crippen LogP contribution in [0.1, 0.15) is 64.9 Å². The van der Waals surface area contributed by atoms with Gasteiger partial charge in [-0.15, -0.1) is 24.0 Å². The molecular formula is C23H40IN5O4. The van der Waals surface area contributed by atoms with E-state index in [1.165, 1.54) is 6.26 Å². The van der Waals surface area contributed by atoms with Crippen molar-refractivity contribution in [2.45, 2.75) is 65.5 Å². The van der Waals surface area contributed by atoms with E-state index in [0.717, 1.165) is 25.3 Å². The maximum Gasteiger partial charge on any atom is 0.408 e. The molecule has 0 saturated carbocycles. The molecule has 1 aliphatic heterocycles. The van der Waals surface area contributed by atoms with Crippen LogP contribution in [0.4, 0.5) is 4.79 Å². The van der Waals surface area contributed by atoms with Crippen molar-refractivity contribution in [1.82, 2.24) is 20.4 Å². The lowest BCUT2D eigenvalue weighted by atomic mass is 9.93. The molecule has 10 heteroatoms. The Labute approximate surface area is 214 Å². The van der Waals surface area contributed by atoms with Crippen LogP contribution < -0.4 is 10.6 Å². The highest BCUT2D eigenvalue weighted by Crippen LogP contribution is 2.18. The first kappa shape index (κ1) is 29.1. The smallest absolute Gasteiger partial charge is 0.408 e. The molecule has 33 heavy (non-hydrogen) atoms. The zero-order chi connectivity index (χ0) is 23.8. The number of alkyl carbamates (subject to hydrolysis) is 1. The van der Waals surface area contributed by atoms with Gasteiger partial charge in [-0.2, -0.15) is 0 Å². The molecule has 0 aromatic carbocycles. The Bertz CT molecular complexity index is 764. The lowest BCUT2D eigenvalue weighted by Crippen LogP contribution is -2.55. The first-order valence-electron chi connectivity index (χ1n) is 11.5. The molecule has 1 saturated heterocycles. The van der Waals surface area contributed by atoms with Gasteiger partial charge in [0, 0.05) is 32.7 Å². The van der Waals surface area contributed by atoms with E-state index in [1.807, 2.05) is 41.5 Å². The quantitative estimate of drug-likeness (QED) is 0.291. The van der Waals surface area contributed by atoms with Gasteiger partial charge in [0.1, 0.15) is 5.60 Å². The normalized spacial score (nSPS) is 15.0. The highest BCUT2D eigenvalue weighted by molar-refractivity contribution is 14.0. The van der Waals surface area contributed by atoms with E-state index in [9.17, 15) is 9.59 Å². The first-order valence-corrected chi connectivity index (χ1v) is 11.5. The van der Waals surface area contributed by atoms with Crippen LogP contribution in [0.5, 0.6) is 0 Å². The summed E-state index contributed by atoms with van der Waals surface area (Å²) in [6, 6.07) is 3.41. The van der Waals surface area contributed by atoms with Gasteiger partial charge < -0.3 is 29.6 Å². The van der Waals surface area contributed by atoms with Crippen molar-refractivity contribution >= 4 is 41.9 Å². The predicted molar refractivity (Wildman–Crippen MR) is 140 cm³/mol. The number of rotatable bonds is 7. The lowest BCUT2D eigenvalue weighted by Gasteiger charge is -2.37. The average molecular weight is 578 g/mol. The lowest BCUT2D eigenvalue weighted by molar-refractivity contribution is 0.0451. The number of carbonyl (C=O) groups is 2. The fourth-order valence-electron chi connectivity index (χ4n) is 3.54. The van der Waals surface area contributed by atoms with Crippen molar-refractivity contribution in [1.29, 1.82) is 0 Å². The van der Waals surface area contributed by atoms with Crippen LogP contribution in [-0.2, 0) is 4.74 Å². The third kappa shape index (κ3) is 8.71. The molecule has 0 aliphatic carbocycles. The number of guanidine groups is 1. The number of hydrogen-bond acceptors (Lipinski definition) is 5. The Balaban J connectivity index is 0.00000544. The predicted octanol–water partition coefficient (Wildman–Crippen LogP) is 3.70. The molecule has 0 bridgehead atoms. The fourth-order valence-corrected chi connectivity index (χ4v) is 3.54. The SMILES string of the molecule is CCNC(=NCC(CC)(CC)NC(=O)OC(C)(C)C)N1CCN(C(=O)c2ccco2)CC1.I. The van der Waals surface area contributed by atoms with Gasteiger partial charge in [0.05, 0.1) is 18.3 Å².